The molecule has 1 aliphatic rings. The van der Waals surface area contributed by atoms with Crippen LogP contribution in [0.5, 0.6) is 0 Å². The summed E-state index contributed by atoms with van der Waals surface area (Å²) < 4.78 is 0. The van der Waals surface area contributed by atoms with E-state index in [2.05, 4.69) is 15.3 Å². The van der Waals surface area contributed by atoms with Gasteiger partial charge < -0.3 is 10.3 Å². The molecule has 0 saturated carbocycles. The number of rotatable bonds is 1. The van der Waals surface area contributed by atoms with E-state index in [-0.39, 0.29) is 12.4 Å². The lowest BCUT2D eigenvalue weighted by molar-refractivity contribution is 0.627. The van der Waals surface area contributed by atoms with Crippen LogP contribution in [0.4, 0.5) is 0 Å². The van der Waals surface area contributed by atoms with Crippen molar-refractivity contribution in [3.63, 3.8) is 0 Å². The van der Waals surface area contributed by atoms with Gasteiger partial charge in [-0.25, -0.2) is 4.98 Å². The van der Waals surface area contributed by atoms with Crippen molar-refractivity contribution >= 4 is 24.0 Å². The molecule has 5 heteroatoms. The summed E-state index contributed by atoms with van der Waals surface area (Å²) in [7, 11) is 0. The minimum Gasteiger partial charge on any atom is -0.341 e. The van der Waals surface area contributed by atoms with Gasteiger partial charge in [-0.2, -0.15) is 0 Å². The van der Waals surface area contributed by atoms with E-state index in [9.17, 15) is 0 Å². The van der Waals surface area contributed by atoms with E-state index in [1.54, 1.807) is 0 Å². The van der Waals surface area contributed by atoms with Crippen LogP contribution in [0.2, 0.25) is 5.02 Å². The Kier molecular flexibility index (Phi) is 3.72. The second-order valence-electron chi connectivity index (χ2n) is 3.92. The molecule has 3 nitrogen and oxygen atoms in total. The highest BCUT2D eigenvalue weighted by molar-refractivity contribution is 6.33. The van der Waals surface area contributed by atoms with Crippen LogP contribution < -0.4 is 5.32 Å². The lowest BCUT2D eigenvalue weighted by Crippen LogP contribution is -2.23. The van der Waals surface area contributed by atoms with Crippen molar-refractivity contribution in [1.82, 2.24) is 15.3 Å². The topological polar surface area (TPSA) is 40.7 Å². The third kappa shape index (κ3) is 2.32. The second kappa shape index (κ2) is 5.08. The number of halogens is 2. The highest BCUT2D eigenvalue weighted by atomic mass is 35.5. The Hall–Kier alpha value is -1.03. The molecule has 2 heterocycles. The van der Waals surface area contributed by atoms with E-state index in [1.165, 1.54) is 5.69 Å². The molecule has 0 aliphatic carbocycles. The van der Waals surface area contributed by atoms with E-state index in [0.29, 0.717) is 0 Å². The molecule has 0 radical (unpaired) electrons. The molecular formula is C12H13Cl2N3. The van der Waals surface area contributed by atoms with Gasteiger partial charge in [0.1, 0.15) is 5.82 Å². The zero-order valence-electron chi connectivity index (χ0n) is 9.16. The first-order valence-corrected chi connectivity index (χ1v) is 5.76. The Labute approximate surface area is 111 Å². The van der Waals surface area contributed by atoms with Gasteiger partial charge in [0.25, 0.3) is 0 Å². The average molecular weight is 270 g/mol. The van der Waals surface area contributed by atoms with Gasteiger partial charge in [-0.1, -0.05) is 23.7 Å². The molecule has 0 fully saturated rings. The van der Waals surface area contributed by atoms with Crippen LogP contribution >= 0.6 is 24.0 Å². The SMILES string of the molecule is Cl.Clc1ccccc1-c1nc2c([nH]1)CNCC2. The summed E-state index contributed by atoms with van der Waals surface area (Å²) in [6.07, 6.45) is 0.982. The fourth-order valence-electron chi connectivity index (χ4n) is 2.00. The van der Waals surface area contributed by atoms with Crippen molar-refractivity contribution in [2.24, 2.45) is 0 Å². The van der Waals surface area contributed by atoms with E-state index in [0.717, 1.165) is 41.6 Å². The van der Waals surface area contributed by atoms with Gasteiger partial charge in [0.2, 0.25) is 0 Å². The molecule has 17 heavy (non-hydrogen) atoms. The van der Waals surface area contributed by atoms with E-state index < -0.39 is 0 Å². The van der Waals surface area contributed by atoms with E-state index >= 15 is 0 Å². The van der Waals surface area contributed by atoms with Gasteiger partial charge in [-0.15, -0.1) is 12.4 Å². The Balaban J connectivity index is 0.00000108. The zero-order chi connectivity index (χ0) is 11.0. The van der Waals surface area contributed by atoms with Crippen molar-refractivity contribution in [3.8, 4) is 11.4 Å². The zero-order valence-corrected chi connectivity index (χ0v) is 10.7. The maximum absolute atomic E-state index is 6.15. The molecule has 0 amide bonds. The number of fused-ring (bicyclic) bond motifs is 1. The summed E-state index contributed by atoms with van der Waals surface area (Å²) in [6.45, 7) is 1.87. The number of aromatic amines is 1. The molecule has 90 valence electrons. The monoisotopic (exact) mass is 269 g/mol. The number of H-pyrrole nitrogens is 1. The standard InChI is InChI=1S/C12H12ClN3.ClH/c13-9-4-2-1-3-8(9)12-15-10-5-6-14-7-11(10)16-12;/h1-4,14H,5-7H2,(H,15,16);1H. The van der Waals surface area contributed by atoms with Crippen molar-refractivity contribution in [2.45, 2.75) is 13.0 Å². The Morgan fingerprint density at radius 1 is 1.24 bits per heavy atom. The van der Waals surface area contributed by atoms with Crippen LogP contribution in [0.25, 0.3) is 11.4 Å². The molecular weight excluding hydrogens is 257 g/mol. The van der Waals surface area contributed by atoms with Crippen molar-refractivity contribution < 1.29 is 0 Å². The predicted molar refractivity (Wildman–Crippen MR) is 71.7 cm³/mol. The van der Waals surface area contributed by atoms with Crippen LogP contribution in [0.3, 0.4) is 0 Å². The molecule has 3 rings (SSSR count). The lowest BCUT2D eigenvalue weighted by Gasteiger charge is -2.09. The van der Waals surface area contributed by atoms with Crippen LogP contribution in [-0.2, 0) is 13.0 Å². The first-order valence-electron chi connectivity index (χ1n) is 5.38. The summed E-state index contributed by atoms with van der Waals surface area (Å²) >= 11 is 6.15. The molecule has 1 aliphatic heterocycles. The van der Waals surface area contributed by atoms with Gasteiger partial charge in [0.15, 0.2) is 0 Å². The second-order valence-corrected chi connectivity index (χ2v) is 4.32. The molecule has 2 N–H and O–H groups in total. The quantitative estimate of drug-likeness (QED) is 0.836. The Morgan fingerprint density at radius 2 is 2.06 bits per heavy atom. The molecule has 0 unspecified atom stereocenters. The highest BCUT2D eigenvalue weighted by Crippen LogP contribution is 2.26. The number of imidazole rings is 1. The van der Waals surface area contributed by atoms with Gasteiger partial charge in [-0.3, -0.25) is 0 Å². The normalized spacial score (nSPS) is 13.9. The molecule has 0 bridgehead atoms. The summed E-state index contributed by atoms with van der Waals surface area (Å²) in [6, 6.07) is 7.77. The maximum Gasteiger partial charge on any atom is 0.139 e. The largest absolute Gasteiger partial charge is 0.341 e. The Bertz CT molecular complexity index is 499. The number of benzene rings is 1. The van der Waals surface area contributed by atoms with Gasteiger partial charge >= 0.3 is 0 Å². The third-order valence-corrected chi connectivity index (χ3v) is 3.16. The predicted octanol–water partition coefficient (Wildman–Crippen LogP) is 2.80. The average Bonchev–Trinajstić information content (AvgIpc) is 2.73. The summed E-state index contributed by atoms with van der Waals surface area (Å²) in [5, 5.41) is 4.05. The minimum absolute atomic E-state index is 0. The smallest absolute Gasteiger partial charge is 0.139 e. The fraction of sp³-hybridized carbons (Fsp3) is 0.250. The first-order chi connectivity index (χ1) is 7.84. The van der Waals surface area contributed by atoms with Gasteiger partial charge in [0.05, 0.1) is 16.4 Å². The Morgan fingerprint density at radius 3 is 2.82 bits per heavy atom. The maximum atomic E-state index is 6.15. The van der Waals surface area contributed by atoms with Gasteiger partial charge in [-0.05, 0) is 12.1 Å². The number of aromatic nitrogens is 2. The summed E-state index contributed by atoms with van der Waals surface area (Å²) in [5.41, 5.74) is 3.31. The number of hydrogen-bond donors (Lipinski definition) is 2. The minimum atomic E-state index is 0. The summed E-state index contributed by atoms with van der Waals surface area (Å²) in [4.78, 5) is 7.93. The molecule has 1 aromatic carbocycles. The van der Waals surface area contributed by atoms with Crippen LogP contribution in [0, 0.1) is 0 Å². The van der Waals surface area contributed by atoms with Crippen LogP contribution in [0.15, 0.2) is 24.3 Å². The number of hydrogen-bond acceptors (Lipinski definition) is 2. The van der Waals surface area contributed by atoms with E-state index in [4.69, 9.17) is 11.6 Å². The fourth-order valence-corrected chi connectivity index (χ4v) is 2.22. The van der Waals surface area contributed by atoms with Gasteiger partial charge in [0, 0.05) is 25.1 Å². The number of nitrogens with zero attached hydrogens (tertiary/aromatic N) is 1. The molecule has 1 aromatic heterocycles. The molecule has 0 atom stereocenters. The third-order valence-electron chi connectivity index (χ3n) is 2.83. The van der Waals surface area contributed by atoms with Crippen molar-refractivity contribution in [2.75, 3.05) is 6.54 Å². The molecule has 2 aromatic rings. The van der Waals surface area contributed by atoms with E-state index in [1.807, 2.05) is 24.3 Å². The van der Waals surface area contributed by atoms with Crippen LogP contribution in [-0.4, -0.2) is 16.5 Å². The highest BCUT2D eigenvalue weighted by Gasteiger charge is 2.15. The lowest BCUT2D eigenvalue weighted by atomic mass is 10.2. The van der Waals surface area contributed by atoms with Crippen LogP contribution in [0.1, 0.15) is 11.4 Å². The summed E-state index contributed by atoms with van der Waals surface area (Å²) in [5.74, 6) is 0.874. The first kappa shape index (κ1) is 12.4. The molecule has 0 saturated heterocycles. The van der Waals surface area contributed by atoms with Crippen molar-refractivity contribution in [3.05, 3.63) is 40.7 Å². The van der Waals surface area contributed by atoms with Crippen molar-refractivity contribution in [1.29, 1.82) is 0 Å². The number of nitrogens with one attached hydrogen (secondary N) is 2. The molecule has 0 spiro atoms.